The molecule has 0 atom stereocenters. The quantitative estimate of drug-likeness (QED) is 0.656. The second kappa shape index (κ2) is 2.86. The Hall–Kier alpha value is -1.80. The van der Waals surface area contributed by atoms with Crippen LogP contribution >= 0.6 is 11.6 Å². The lowest BCUT2D eigenvalue weighted by atomic mass is 10.2. The number of nitriles is 1. The molecule has 2 rings (SSSR count). The van der Waals surface area contributed by atoms with E-state index >= 15 is 0 Å². The van der Waals surface area contributed by atoms with Gasteiger partial charge in [-0.05, 0) is 11.6 Å². The molecular weight excluding hydrogens is 202 g/mol. The maximum absolute atomic E-state index is 8.84. The Bertz CT molecular complexity index is 551. The van der Waals surface area contributed by atoms with Crippen molar-refractivity contribution in [2.75, 3.05) is 5.73 Å². The Morgan fingerprint density at radius 2 is 2.29 bits per heavy atom. The molecular formula is C8H6ClN5. The van der Waals surface area contributed by atoms with Crippen molar-refractivity contribution in [3.8, 4) is 6.07 Å². The van der Waals surface area contributed by atoms with Crippen molar-refractivity contribution in [2.45, 2.75) is 0 Å². The minimum Gasteiger partial charge on any atom is -0.383 e. The van der Waals surface area contributed by atoms with Crippen LogP contribution in [0.5, 0.6) is 0 Å². The highest BCUT2D eigenvalue weighted by Gasteiger charge is 2.12. The molecule has 0 spiro atoms. The summed E-state index contributed by atoms with van der Waals surface area (Å²) in [6.45, 7) is 0. The summed E-state index contributed by atoms with van der Waals surface area (Å²) in [7, 11) is 1.77. The summed E-state index contributed by atoms with van der Waals surface area (Å²) in [6, 6.07) is 2.03. The highest BCUT2D eigenvalue weighted by atomic mass is 35.5. The number of hydrogen-bond acceptors (Lipinski definition) is 4. The molecule has 0 fully saturated rings. The van der Waals surface area contributed by atoms with Crippen molar-refractivity contribution in [3.63, 3.8) is 0 Å². The van der Waals surface area contributed by atoms with Gasteiger partial charge in [-0.3, -0.25) is 0 Å². The molecule has 70 valence electrons. The van der Waals surface area contributed by atoms with E-state index in [0.717, 1.165) is 0 Å². The predicted molar refractivity (Wildman–Crippen MR) is 52.6 cm³/mol. The second-order valence-electron chi connectivity index (χ2n) is 2.84. The topological polar surface area (TPSA) is 80.5 Å². The van der Waals surface area contributed by atoms with Crippen LogP contribution < -0.4 is 5.73 Å². The van der Waals surface area contributed by atoms with Crippen molar-refractivity contribution in [1.29, 1.82) is 5.26 Å². The lowest BCUT2D eigenvalue weighted by Gasteiger charge is -1.97. The molecule has 0 amide bonds. The number of aromatic nitrogens is 3. The summed E-state index contributed by atoms with van der Waals surface area (Å²) >= 11 is 5.65. The summed E-state index contributed by atoms with van der Waals surface area (Å²) in [4.78, 5) is 7.78. The summed E-state index contributed by atoms with van der Waals surface area (Å²) in [5, 5.41) is 9.47. The molecule has 0 saturated carbocycles. The molecule has 0 aromatic carbocycles. The molecule has 2 aromatic rings. The van der Waals surface area contributed by atoms with Crippen molar-refractivity contribution in [3.05, 3.63) is 17.0 Å². The summed E-state index contributed by atoms with van der Waals surface area (Å²) < 4.78 is 1.69. The average molecular weight is 208 g/mol. The van der Waals surface area contributed by atoms with Gasteiger partial charge in [-0.25, -0.2) is 4.98 Å². The fourth-order valence-electron chi connectivity index (χ4n) is 1.36. The van der Waals surface area contributed by atoms with Crippen LogP contribution in [-0.4, -0.2) is 14.5 Å². The van der Waals surface area contributed by atoms with Crippen molar-refractivity contribution in [1.82, 2.24) is 14.5 Å². The predicted octanol–water partition coefficient (Wildman–Crippen LogP) is 1.08. The number of nitrogens with two attached hydrogens (primary N) is 1. The van der Waals surface area contributed by atoms with Crippen molar-refractivity contribution < 1.29 is 0 Å². The molecule has 0 saturated heterocycles. The van der Waals surface area contributed by atoms with Gasteiger partial charge in [0, 0.05) is 13.2 Å². The van der Waals surface area contributed by atoms with E-state index in [1.165, 1.54) is 0 Å². The van der Waals surface area contributed by atoms with Crippen LogP contribution in [0.25, 0.3) is 11.0 Å². The van der Waals surface area contributed by atoms with Crippen LogP contribution in [0.15, 0.2) is 6.20 Å². The Labute approximate surface area is 84.7 Å². The Balaban J connectivity index is 2.98. The molecule has 14 heavy (non-hydrogen) atoms. The molecule has 0 aliphatic heterocycles. The minimum atomic E-state index is 0.0840. The van der Waals surface area contributed by atoms with Gasteiger partial charge >= 0.3 is 0 Å². The van der Waals surface area contributed by atoms with Gasteiger partial charge in [-0.2, -0.15) is 10.2 Å². The number of aryl methyl sites for hydroxylation is 1. The molecule has 2 N–H and O–H groups in total. The molecule has 0 aliphatic carbocycles. The van der Waals surface area contributed by atoms with Crippen LogP contribution in [0.4, 0.5) is 5.82 Å². The lowest BCUT2D eigenvalue weighted by Crippen LogP contribution is -1.96. The first kappa shape index (κ1) is 8.78. The molecule has 0 aliphatic rings. The first-order chi connectivity index (χ1) is 6.63. The van der Waals surface area contributed by atoms with E-state index < -0.39 is 0 Å². The number of anilines is 1. The van der Waals surface area contributed by atoms with Crippen LogP contribution in [0.1, 0.15) is 5.56 Å². The van der Waals surface area contributed by atoms with E-state index in [0.29, 0.717) is 16.6 Å². The molecule has 0 bridgehead atoms. The minimum absolute atomic E-state index is 0.0840. The van der Waals surface area contributed by atoms with Crippen LogP contribution in [0.2, 0.25) is 5.28 Å². The van der Waals surface area contributed by atoms with E-state index in [9.17, 15) is 0 Å². The lowest BCUT2D eigenvalue weighted by molar-refractivity contribution is 0.943. The van der Waals surface area contributed by atoms with E-state index in [-0.39, 0.29) is 11.1 Å². The maximum Gasteiger partial charge on any atom is 0.226 e. The molecule has 6 heteroatoms. The third kappa shape index (κ3) is 1.09. The fraction of sp³-hybridized carbons (Fsp3) is 0.125. The molecule has 0 radical (unpaired) electrons. The molecule has 2 aromatic heterocycles. The first-order valence-corrected chi connectivity index (χ1v) is 4.19. The smallest absolute Gasteiger partial charge is 0.226 e. The zero-order valence-electron chi connectivity index (χ0n) is 7.32. The zero-order valence-corrected chi connectivity index (χ0v) is 8.08. The SMILES string of the molecule is Cn1cc(C#N)c2c(N)nc(Cl)nc21. The van der Waals surface area contributed by atoms with E-state index in [4.69, 9.17) is 22.6 Å². The number of halogens is 1. The molecule has 5 nitrogen and oxygen atoms in total. The van der Waals surface area contributed by atoms with Gasteiger partial charge in [0.25, 0.3) is 0 Å². The normalized spacial score (nSPS) is 10.4. The Morgan fingerprint density at radius 3 is 2.93 bits per heavy atom. The maximum atomic E-state index is 8.84. The van der Waals surface area contributed by atoms with Crippen LogP contribution in [0.3, 0.4) is 0 Å². The van der Waals surface area contributed by atoms with Crippen LogP contribution in [0, 0.1) is 11.3 Å². The summed E-state index contributed by atoms with van der Waals surface area (Å²) in [6.07, 6.45) is 1.64. The highest BCUT2D eigenvalue weighted by molar-refractivity contribution is 6.28. The van der Waals surface area contributed by atoms with Gasteiger partial charge in [0.1, 0.15) is 17.5 Å². The molecule has 2 heterocycles. The largest absolute Gasteiger partial charge is 0.383 e. The molecule has 0 unspecified atom stereocenters. The fourth-order valence-corrected chi connectivity index (χ4v) is 1.53. The summed E-state index contributed by atoms with van der Waals surface area (Å²) in [5.74, 6) is 0.233. The first-order valence-electron chi connectivity index (χ1n) is 3.81. The van der Waals surface area contributed by atoms with E-state index in [2.05, 4.69) is 9.97 Å². The number of hydrogen-bond donors (Lipinski definition) is 1. The number of nitrogens with zero attached hydrogens (tertiary/aromatic N) is 4. The van der Waals surface area contributed by atoms with E-state index in [1.54, 1.807) is 17.8 Å². The van der Waals surface area contributed by atoms with E-state index in [1.807, 2.05) is 6.07 Å². The van der Waals surface area contributed by atoms with Gasteiger partial charge in [-0.15, -0.1) is 0 Å². The highest BCUT2D eigenvalue weighted by Crippen LogP contribution is 2.24. The third-order valence-electron chi connectivity index (χ3n) is 1.94. The van der Waals surface area contributed by atoms with Gasteiger partial charge in [-0.1, -0.05) is 0 Å². The third-order valence-corrected chi connectivity index (χ3v) is 2.11. The average Bonchev–Trinajstić information content (AvgIpc) is 2.43. The van der Waals surface area contributed by atoms with Crippen molar-refractivity contribution >= 4 is 28.5 Å². The number of rotatable bonds is 0. The monoisotopic (exact) mass is 207 g/mol. The summed E-state index contributed by atoms with van der Waals surface area (Å²) in [5.41, 5.74) is 6.67. The van der Waals surface area contributed by atoms with Gasteiger partial charge in [0.15, 0.2) is 0 Å². The van der Waals surface area contributed by atoms with Gasteiger partial charge in [0.05, 0.1) is 10.9 Å². The van der Waals surface area contributed by atoms with Gasteiger partial charge in [0.2, 0.25) is 5.28 Å². The van der Waals surface area contributed by atoms with Crippen molar-refractivity contribution in [2.24, 2.45) is 7.05 Å². The number of nitrogen functional groups attached to an aromatic ring is 1. The second-order valence-corrected chi connectivity index (χ2v) is 3.18. The zero-order chi connectivity index (χ0) is 10.3. The Morgan fingerprint density at radius 1 is 1.57 bits per heavy atom. The van der Waals surface area contributed by atoms with Crippen LogP contribution in [-0.2, 0) is 7.05 Å². The standard InChI is InChI=1S/C8H6ClN5/c1-14-3-4(2-10)5-6(11)12-8(9)13-7(5)14/h3H,1H3,(H2,11,12,13). The number of fused-ring (bicyclic) bond motifs is 1. The Kier molecular flexibility index (Phi) is 1.79. The van der Waals surface area contributed by atoms with Gasteiger partial charge < -0.3 is 10.3 Å².